The molecule has 164 valence electrons. The zero-order valence-corrected chi connectivity index (χ0v) is 17.9. The quantitative estimate of drug-likeness (QED) is 0.635. The van der Waals surface area contributed by atoms with E-state index in [0.717, 1.165) is 5.56 Å². The number of rotatable bonds is 7. The fourth-order valence-electron chi connectivity index (χ4n) is 3.17. The van der Waals surface area contributed by atoms with Gasteiger partial charge in [0.15, 0.2) is 0 Å². The molecule has 0 spiro atoms. The number of nitrogens with one attached hydrogen (secondary N) is 3. The van der Waals surface area contributed by atoms with Gasteiger partial charge in [-0.1, -0.05) is 19.1 Å². The predicted molar refractivity (Wildman–Crippen MR) is 120 cm³/mol. The summed E-state index contributed by atoms with van der Waals surface area (Å²) in [4.78, 5) is 38.4. The van der Waals surface area contributed by atoms with Crippen LogP contribution in [-0.2, 0) is 14.3 Å². The molecule has 8 nitrogen and oxygen atoms in total. The van der Waals surface area contributed by atoms with Crippen molar-refractivity contribution in [1.82, 2.24) is 4.90 Å². The van der Waals surface area contributed by atoms with Gasteiger partial charge in [0.1, 0.15) is 0 Å². The van der Waals surface area contributed by atoms with E-state index in [0.29, 0.717) is 55.3 Å². The molecule has 2 aromatic rings. The molecular formula is C23H28N4O4. The Morgan fingerprint density at radius 1 is 0.968 bits per heavy atom. The number of morpholine rings is 1. The van der Waals surface area contributed by atoms with Crippen LogP contribution in [0, 0.1) is 6.92 Å². The van der Waals surface area contributed by atoms with Crippen molar-refractivity contribution in [3.05, 3.63) is 53.6 Å². The third-order valence-electron chi connectivity index (χ3n) is 4.98. The van der Waals surface area contributed by atoms with E-state index >= 15 is 0 Å². The summed E-state index contributed by atoms with van der Waals surface area (Å²) in [5.41, 5.74) is 3.45. The van der Waals surface area contributed by atoms with E-state index < -0.39 is 0 Å². The Labute approximate surface area is 182 Å². The molecule has 1 saturated heterocycles. The van der Waals surface area contributed by atoms with Gasteiger partial charge in [-0.05, 0) is 42.8 Å². The number of hydrogen-bond acceptors (Lipinski definition) is 5. The Morgan fingerprint density at radius 2 is 1.74 bits per heavy atom. The maximum absolute atomic E-state index is 12.6. The molecule has 0 saturated carbocycles. The highest BCUT2D eigenvalue weighted by molar-refractivity contribution is 5.97. The highest BCUT2D eigenvalue weighted by Gasteiger charge is 2.18. The fraction of sp³-hybridized carbons (Fsp3) is 0.348. The number of carbonyl (C=O) groups is 3. The molecule has 0 aliphatic carbocycles. The second-order valence-electron chi connectivity index (χ2n) is 7.32. The Bertz CT molecular complexity index is 954. The van der Waals surface area contributed by atoms with Crippen LogP contribution in [0.1, 0.15) is 29.3 Å². The number of ether oxygens (including phenoxy) is 1. The largest absolute Gasteiger partial charge is 0.378 e. The lowest BCUT2D eigenvalue weighted by Crippen LogP contribution is -2.40. The van der Waals surface area contributed by atoms with Crippen LogP contribution in [0.3, 0.4) is 0 Å². The van der Waals surface area contributed by atoms with Crippen molar-refractivity contribution in [3.63, 3.8) is 0 Å². The summed E-state index contributed by atoms with van der Waals surface area (Å²) < 4.78 is 5.29. The van der Waals surface area contributed by atoms with E-state index in [4.69, 9.17) is 4.74 Å². The zero-order chi connectivity index (χ0) is 22.2. The Balaban J connectivity index is 1.57. The minimum Gasteiger partial charge on any atom is -0.378 e. The maximum Gasteiger partial charge on any atom is 0.254 e. The van der Waals surface area contributed by atoms with Gasteiger partial charge in [0, 0.05) is 42.1 Å². The predicted octanol–water partition coefficient (Wildman–Crippen LogP) is 2.87. The van der Waals surface area contributed by atoms with Crippen LogP contribution >= 0.6 is 0 Å². The molecule has 1 heterocycles. The molecule has 0 aromatic heterocycles. The average molecular weight is 425 g/mol. The first kappa shape index (κ1) is 22.3. The van der Waals surface area contributed by atoms with Crippen LogP contribution in [0.25, 0.3) is 0 Å². The van der Waals surface area contributed by atoms with Crippen molar-refractivity contribution < 1.29 is 19.1 Å². The zero-order valence-electron chi connectivity index (χ0n) is 17.9. The first-order chi connectivity index (χ1) is 15.0. The molecular weight excluding hydrogens is 396 g/mol. The van der Waals surface area contributed by atoms with Gasteiger partial charge in [-0.2, -0.15) is 0 Å². The molecule has 0 bridgehead atoms. The fourth-order valence-corrected chi connectivity index (χ4v) is 3.17. The molecule has 2 aromatic carbocycles. The van der Waals surface area contributed by atoms with Gasteiger partial charge in [-0.3, -0.25) is 14.4 Å². The maximum atomic E-state index is 12.6. The van der Waals surface area contributed by atoms with E-state index in [9.17, 15) is 14.4 Å². The third kappa shape index (κ3) is 6.29. The third-order valence-corrected chi connectivity index (χ3v) is 4.98. The highest BCUT2D eigenvalue weighted by Crippen LogP contribution is 2.21. The second-order valence-corrected chi connectivity index (χ2v) is 7.32. The van der Waals surface area contributed by atoms with Crippen LogP contribution < -0.4 is 16.0 Å². The molecule has 0 atom stereocenters. The molecule has 3 rings (SSSR count). The van der Waals surface area contributed by atoms with E-state index in [1.54, 1.807) is 42.2 Å². The van der Waals surface area contributed by atoms with Gasteiger partial charge in [-0.25, -0.2) is 0 Å². The average Bonchev–Trinajstić information content (AvgIpc) is 2.80. The van der Waals surface area contributed by atoms with Crippen molar-refractivity contribution in [2.24, 2.45) is 0 Å². The normalized spacial score (nSPS) is 13.4. The summed E-state index contributed by atoms with van der Waals surface area (Å²) in [5.74, 6) is -0.362. The second kappa shape index (κ2) is 10.6. The van der Waals surface area contributed by atoms with Crippen molar-refractivity contribution >= 4 is 34.8 Å². The van der Waals surface area contributed by atoms with Gasteiger partial charge in [0.2, 0.25) is 11.8 Å². The smallest absolute Gasteiger partial charge is 0.254 e. The Morgan fingerprint density at radius 3 is 2.48 bits per heavy atom. The standard InChI is InChI=1S/C23H28N4O4/c1-3-21(28)26-20-14-19(8-7-16(20)2)25-22(29)15-24-18-6-4-5-17(13-18)23(30)27-9-11-31-12-10-27/h4-8,13-14,24H,3,9-12,15H2,1-2H3,(H,25,29)(H,26,28). The van der Waals surface area contributed by atoms with E-state index in [1.165, 1.54) is 0 Å². The van der Waals surface area contributed by atoms with Crippen molar-refractivity contribution in [3.8, 4) is 0 Å². The number of amides is 3. The van der Waals surface area contributed by atoms with Crippen LogP contribution in [0.5, 0.6) is 0 Å². The van der Waals surface area contributed by atoms with Crippen LogP contribution in [-0.4, -0.2) is 55.5 Å². The number of aryl methyl sites for hydroxylation is 1. The summed E-state index contributed by atoms with van der Waals surface area (Å²) in [6.45, 7) is 5.97. The van der Waals surface area contributed by atoms with Gasteiger partial charge in [0.25, 0.3) is 5.91 Å². The monoisotopic (exact) mass is 424 g/mol. The SMILES string of the molecule is CCC(=O)Nc1cc(NC(=O)CNc2cccc(C(=O)N3CCOCC3)c2)ccc1C. The molecule has 1 aliphatic heterocycles. The molecule has 1 aliphatic rings. The summed E-state index contributed by atoms with van der Waals surface area (Å²) in [6, 6.07) is 12.5. The lowest BCUT2D eigenvalue weighted by atomic mass is 10.1. The van der Waals surface area contributed by atoms with Crippen molar-refractivity contribution in [1.29, 1.82) is 0 Å². The number of carbonyl (C=O) groups excluding carboxylic acids is 3. The minimum atomic E-state index is -0.235. The summed E-state index contributed by atoms with van der Waals surface area (Å²) in [7, 11) is 0. The van der Waals surface area contributed by atoms with Crippen LogP contribution in [0.15, 0.2) is 42.5 Å². The van der Waals surface area contributed by atoms with Gasteiger partial charge < -0.3 is 25.6 Å². The number of nitrogens with zero attached hydrogens (tertiary/aromatic N) is 1. The first-order valence-corrected chi connectivity index (χ1v) is 10.4. The van der Waals surface area contributed by atoms with Crippen molar-refractivity contribution in [2.45, 2.75) is 20.3 Å². The summed E-state index contributed by atoms with van der Waals surface area (Å²) >= 11 is 0. The summed E-state index contributed by atoms with van der Waals surface area (Å²) in [5, 5.41) is 8.70. The lowest BCUT2D eigenvalue weighted by Gasteiger charge is -2.27. The molecule has 8 heteroatoms. The van der Waals surface area contributed by atoms with Crippen molar-refractivity contribution in [2.75, 3.05) is 48.8 Å². The Kier molecular flexibility index (Phi) is 7.61. The lowest BCUT2D eigenvalue weighted by molar-refractivity contribution is -0.116. The van der Waals surface area contributed by atoms with E-state index in [-0.39, 0.29) is 24.3 Å². The number of hydrogen-bond donors (Lipinski definition) is 3. The number of anilines is 3. The topological polar surface area (TPSA) is 99.8 Å². The molecule has 1 fully saturated rings. The van der Waals surface area contributed by atoms with E-state index in [2.05, 4.69) is 16.0 Å². The van der Waals surface area contributed by atoms with Gasteiger partial charge >= 0.3 is 0 Å². The van der Waals surface area contributed by atoms with Gasteiger partial charge in [-0.15, -0.1) is 0 Å². The molecule has 0 unspecified atom stereocenters. The molecule has 0 radical (unpaired) electrons. The molecule has 3 N–H and O–H groups in total. The first-order valence-electron chi connectivity index (χ1n) is 10.4. The Hall–Kier alpha value is -3.39. The molecule has 31 heavy (non-hydrogen) atoms. The summed E-state index contributed by atoms with van der Waals surface area (Å²) in [6.07, 6.45) is 0.382. The highest BCUT2D eigenvalue weighted by atomic mass is 16.5. The minimum absolute atomic E-state index is 0.0414. The van der Waals surface area contributed by atoms with Crippen LogP contribution in [0.2, 0.25) is 0 Å². The number of benzene rings is 2. The van der Waals surface area contributed by atoms with Crippen LogP contribution in [0.4, 0.5) is 17.1 Å². The molecule has 3 amide bonds. The van der Waals surface area contributed by atoms with E-state index in [1.807, 2.05) is 19.1 Å². The van der Waals surface area contributed by atoms with Gasteiger partial charge in [0.05, 0.1) is 19.8 Å².